The van der Waals surface area contributed by atoms with E-state index in [1.807, 2.05) is 0 Å². The van der Waals surface area contributed by atoms with Crippen molar-refractivity contribution < 1.29 is 27.4 Å². The van der Waals surface area contributed by atoms with Crippen LogP contribution in [0.2, 0.25) is 0 Å². The van der Waals surface area contributed by atoms with Crippen molar-refractivity contribution in [3.05, 3.63) is 48.5 Å². The first kappa shape index (κ1) is 23.6. The van der Waals surface area contributed by atoms with Gasteiger partial charge in [0, 0.05) is 0 Å². The Bertz CT molecular complexity index is 1090. The van der Waals surface area contributed by atoms with Crippen LogP contribution in [0.4, 0.5) is 0 Å². The topological polar surface area (TPSA) is 82.1 Å². The van der Waals surface area contributed by atoms with Gasteiger partial charge in [-0.2, -0.15) is 0 Å². The predicted molar refractivity (Wildman–Crippen MR) is 124 cm³/mol. The van der Waals surface area contributed by atoms with Crippen LogP contribution in [0, 0.1) is 5.41 Å². The summed E-state index contributed by atoms with van der Waals surface area (Å²) in [6, 6.07) is 13.4. The van der Waals surface area contributed by atoms with E-state index in [1.54, 1.807) is 43.5 Å². The highest BCUT2D eigenvalue weighted by Crippen LogP contribution is 2.55. The van der Waals surface area contributed by atoms with Crippen LogP contribution in [0.25, 0.3) is 0 Å². The summed E-state index contributed by atoms with van der Waals surface area (Å²) in [6.07, 6.45) is 3.11. The number of methoxy groups -OCH3 is 2. The molecule has 1 saturated carbocycles. The van der Waals surface area contributed by atoms with E-state index in [9.17, 15) is 13.2 Å². The van der Waals surface area contributed by atoms with Gasteiger partial charge in [0.2, 0.25) is 0 Å². The Morgan fingerprint density at radius 1 is 0.848 bits per heavy atom. The molecule has 1 atom stereocenters. The maximum Gasteiger partial charge on any atom is 0.327 e. The van der Waals surface area contributed by atoms with Crippen molar-refractivity contribution in [2.24, 2.45) is 5.41 Å². The average Bonchev–Trinajstić information content (AvgIpc) is 3.22. The molecule has 1 unspecified atom stereocenters. The summed E-state index contributed by atoms with van der Waals surface area (Å²) in [4.78, 5) is 15.3. The van der Waals surface area contributed by atoms with E-state index in [4.69, 9.17) is 14.2 Å². The quantitative estimate of drug-likeness (QED) is 0.585. The van der Waals surface area contributed by atoms with Crippen molar-refractivity contribution in [2.75, 3.05) is 34.4 Å². The Hall–Kier alpha value is -2.58. The normalized spacial score (nSPS) is 22.8. The van der Waals surface area contributed by atoms with Gasteiger partial charge in [0.1, 0.15) is 17.2 Å². The fourth-order valence-electron chi connectivity index (χ4n) is 5.16. The molecule has 8 heteroatoms. The van der Waals surface area contributed by atoms with Crippen molar-refractivity contribution in [3.63, 3.8) is 0 Å². The maximum atomic E-state index is 13.8. The second-order valence-corrected chi connectivity index (χ2v) is 11.5. The molecule has 2 aromatic carbocycles. The largest absolute Gasteiger partial charge is 0.497 e. The van der Waals surface area contributed by atoms with Gasteiger partial charge in [0.25, 0.3) is 0 Å². The number of ether oxygens (including phenoxy) is 3. The number of likely N-dealkylation sites (tertiary alicyclic amines) is 1. The number of benzene rings is 2. The zero-order valence-electron chi connectivity index (χ0n) is 19.4. The summed E-state index contributed by atoms with van der Waals surface area (Å²) in [5, 5.41) is 0. The van der Waals surface area contributed by atoms with Crippen molar-refractivity contribution in [1.29, 1.82) is 0 Å². The van der Waals surface area contributed by atoms with Gasteiger partial charge in [-0.1, -0.05) is 0 Å². The van der Waals surface area contributed by atoms with E-state index < -0.39 is 20.6 Å². The van der Waals surface area contributed by atoms with E-state index >= 15 is 0 Å². The molecule has 7 nitrogen and oxygen atoms in total. The highest BCUT2D eigenvalue weighted by Gasteiger charge is 2.61. The van der Waals surface area contributed by atoms with E-state index in [2.05, 4.69) is 11.9 Å². The van der Waals surface area contributed by atoms with E-state index in [-0.39, 0.29) is 16.7 Å². The van der Waals surface area contributed by atoms with Crippen LogP contribution in [0.15, 0.2) is 53.4 Å². The number of piperidine rings is 1. The van der Waals surface area contributed by atoms with Crippen LogP contribution in [0.3, 0.4) is 0 Å². The Labute approximate surface area is 195 Å². The molecule has 0 N–H and O–H groups in total. The highest BCUT2D eigenvalue weighted by atomic mass is 32.2. The fourth-order valence-corrected chi connectivity index (χ4v) is 7.28. The summed E-state index contributed by atoms with van der Waals surface area (Å²) in [5.74, 6) is 1.18. The number of esters is 1. The smallest absolute Gasteiger partial charge is 0.327 e. The lowest BCUT2D eigenvalue weighted by molar-refractivity contribution is -0.144. The summed E-state index contributed by atoms with van der Waals surface area (Å²) < 4.78 is 42.1. The molecule has 2 fully saturated rings. The van der Waals surface area contributed by atoms with Crippen molar-refractivity contribution >= 4 is 15.8 Å². The number of rotatable bonds is 6. The molecule has 0 radical (unpaired) electrons. The van der Waals surface area contributed by atoms with Crippen molar-refractivity contribution in [1.82, 2.24) is 4.90 Å². The molecule has 0 bridgehead atoms. The second kappa shape index (κ2) is 8.99. The number of hydrogen-bond acceptors (Lipinski definition) is 7. The first-order valence-corrected chi connectivity index (χ1v) is 12.7. The van der Waals surface area contributed by atoms with Crippen LogP contribution in [0.5, 0.6) is 17.2 Å². The maximum absolute atomic E-state index is 13.8. The SMILES string of the molecule is COC(=O)C1(S(=O)(=O)c2ccc(Oc3ccc(OC)cc3)cc2)CCC2(CCN(C)CC2)C1. The monoisotopic (exact) mass is 473 g/mol. The van der Waals surface area contributed by atoms with Gasteiger partial charge in [0.05, 0.1) is 19.1 Å². The first-order valence-electron chi connectivity index (χ1n) is 11.2. The van der Waals surface area contributed by atoms with Crippen LogP contribution < -0.4 is 9.47 Å². The molecule has 0 amide bonds. The Kier molecular flexibility index (Phi) is 6.42. The van der Waals surface area contributed by atoms with Crippen molar-refractivity contribution in [3.8, 4) is 17.2 Å². The van der Waals surface area contributed by atoms with Gasteiger partial charge in [-0.05, 0) is 106 Å². The van der Waals surface area contributed by atoms with E-state index in [0.717, 1.165) is 31.7 Å². The lowest BCUT2D eigenvalue weighted by Crippen LogP contribution is -2.47. The second-order valence-electron chi connectivity index (χ2n) is 9.22. The minimum absolute atomic E-state index is 0.111. The summed E-state index contributed by atoms with van der Waals surface area (Å²) in [5.41, 5.74) is -0.134. The average molecular weight is 474 g/mol. The molecule has 0 aromatic heterocycles. The Balaban J connectivity index is 1.58. The Morgan fingerprint density at radius 3 is 1.94 bits per heavy atom. The molecule has 1 aliphatic carbocycles. The summed E-state index contributed by atoms with van der Waals surface area (Å²) >= 11 is 0. The minimum atomic E-state index is -3.96. The molecular formula is C25H31NO6S. The van der Waals surface area contributed by atoms with Crippen molar-refractivity contribution in [2.45, 2.75) is 41.7 Å². The number of nitrogens with zero attached hydrogens (tertiary/aromatic N) is 1. The van der Waals surface area contributed by atoms with Crippen LogP contribution >= 0.6 is 0 Å². The third-order valence-electron chi connectivity index (χ3n) is 7.27. The lowest BCUT2D eigenvalue weighted by atomic mass is 9.76. The first-order chi connectivity index (χ1) is 15.7. The Morgan fingerprint density at radius 2 is 1.39 bits per heavy atom. The molecule has 1 aliphatic heterocycles. The van der Waals surface area contributed by atoms with Gasteiger partial charge >= 0.3 is 5.97 Å². The van der Waals surface area contributed by atoms with Gasteiger partial charge in [-0.3, -0.25) is 4.79 Å². The molecule has 1 heterocycles. The standard InChI is InChI=1S/C25H31NO6S/c1-26-16-14-24(15-17-26)12-13-25(18-24,23(27)31-3)33(28,29)22-10-8-21(9-11-22)32-20-6-4-19(30-2)5-7-20/h4-11H,12-18H2,1-3H3. The number of sulfone groups is 1. The molecule has 178 valence electrons. The zero-order valence-corrected chi connectivity index (χ0v) is 20.2. The molecule has 4 rings (SSSR count). The molecule has 1 saturated heterocycles. The fraction of sp³-hybridized carbons (Fsp3) is 0.480. The molecule has 2 aliphatic rings. The van der Waals surface area contributed by atoms with Gasteiger partial charge in [-0.15, -0.1) is 0 Å². The van der Waals surface area contributed by atoms with Gasteiger partial charge in [-0.25, -0.2) is 8.42 Å². The van der Waals surface area contributed by atoms with Crippen LogP contribution in [-0.4, -0.2) is 58.4 Å². The third-order valence-corrected chi connectivity index (χ3v) is 9.71. The number of carbonyl (C=O) groups excluding carboxylic acids is 1. The van der Waals surface area contributed by atoms with E-state index in [0.29, 0.717) is 24.3 Å². The lowest BCUT2D eigenvalue weighted by Gasteiger charge is -2.39. The minimum Gasteiger partial charge on any atom is -0.497 e. The number of hydrogen-bond donors (Lipinski definition) is 0. The van der Waals surface area contributed by atoms with Crippen LogP contribution in [0.1, 0.15) is 32.1 Å². The highest BCUT2D eigenvalue weighted by molar-refractivity contribution is 7.93. The van der Waals surface area contributed by atoms with E-state index in [1.165, 1.54) is 19.2 Å². The summed E-state index contributed by atoms with van der Waals surface area (Å²) in [6.45, 7) is 1.82. The third kappa shape index (κ3) is 4.34. The molecule has 33 heavy (non-hydrogen) atoms. The molecule has 1 spiro atoms. The van der Waals surface area contributed by atoms with Gasteiger partial charge in [0.15, 0.2) is 14.6 Å². The number of carbonyl (C=O) groups is 1. The predicted octanol–water partition coefficient (Wildman–Crippen LogP) is 4.07. The molecular weight excluding hydrogens is 442 g/mol. The zero-order chi connectivity index (χ0) is 23.7. The summed E-state index contributed by atoms with van der Waals surface area (Å²) in [7, 11) is 0.973. The van der Waals surface area contributed by atoms with Crippen LogP contribution in [-0.2, 0) is 19.4 Å². The van der Waals surface area contributed by atoms with Gasteiger partial charge < -0.3 is 19.1 Å². The molecule has 2 aromatic rings.